The largest absolute Gasteiger partial charge is 0.206 e. The lowest BCUT2D eigenvalue weighted by Gasteiger charge is -2.14. The Balaban J connectivity index is 2.32. The lowest BCUT2D eigenvalue weighted by molar-refractivity contribution is 0.629. The third-order valence-electron chi connectivity index (χ3n) is 3.58. The Bertz CT molecular complexity index is 791. The van der Waals surface area contributed by atoms with Gasteiger partial charge >= 0.3 is 0 Å². The molecule has 0 heterocycles. The number of hydrogen-bond acceptors (Lipinski definition) is 0. The van der Waals surface area contributed by atoms with Crippen LogP contribution in [0.3, 0.4) is 0 Å². The van der Waals surface area contributed by atoms with Gasteiger partial charge in [0, 0.05) is 11.1 Å². The Kier molecular flexibility index (Phi) is 3.53. The highest BCUT2D eigenvalue weighted by molar-refractivity contribution is 5.86. The van der Waals surface area contributed by atoms with Gasteiger partial charge in [-0.3, -0.25) is 0 Å². The number of benzene rings is 3. The molecule has 0 N–H and O–H groups in total. The Morgan fingerprint density at radius 3 is 1.71 bits per heavy atom. The molecular formula is C19H14F2. The zero-order valence-corrected chi connectivity index (χ0v) is 11.6. The summed E-state index contributed by atoms with van der Waals surface area (Å²) in [6, 6.07) is 18.8. The normalized spacial score (nSPS) is 10.6. The first-order chi connectivity index (χ1) is 10.2. The van der Waals surface area contributed by atoms with E-state index in [1.807, 2.05) is 25.1 Å². The maximum Gasteiger partial charge on any atom is 0.131 e. The van der Waals surface area contributed by atoms with Gasteiger partial charge in [0.25, 0.3) is 0 Å². The van der Waals surface area contributed by atoms with Crippen LogP contribution in [0, 0.1) is 18.6 Å². The first-order valence-electron chi connectivity index (χ1n) is 6.78. The van der Waals surface area contributed by atoms with Crippen molar-refractivity contribution in [2.24, 2.45) is 0 Å². The van der Waals surface area contributed by atoms with E-state index in [-0.39, 0.29) is 11.6 Å². The van der Waals surface area contributed by atoms with E-state index in [4.69, 9.17) is 0 Å². The lowest BCUT2D eigenvalue weighted by atomic mass is 9.90. The molecule has 0 unspecified atom stereocenters. The van der Waals surface area contributed by atoms with Gasteiger partial charge in [-0.2, -0.15) is 0 Å². The molecule has 0 bridgehead atoms. The molecule has 0 aromatic heterocycles. The lowest BCUT2D eigenvalue weighted by Crippen LogP contribution is -1.93. The van der Waals surface area contributed by atoms with Gasteiger partial charge in [0.1, 0.15) is 11.6 Å². The molecule has 3 aromatic rings. The predicted molar refractivity (Wildman–Crippen MR) is 82.0 cm³/mol. The van der Waals surface area contributed by atoms with E-state index in [1.165, 1.54) is 12.1 Å². The molecule has 0 amide bonds. The standard InChI is InChI=1S/C19H14F2/c1-13-7-6-10-15(14-8-2-4-11-17(14)20)19(13)16-9-3-5-12-18(16)21/h2-12H,1H3. The molecule has 0 fully saturated rings. The van der Waals surface area contributed by atoms with Crippen molar-refractivity contribution < 1.29 is 8.78 Å². The van der Waals surface area contributed by atoms with Gasteiger partial charge in [-0.15, -0.1) is 0 Å². The first-order valence-corrected chi connectivity index (χ1v) is 6.78. The van der Waals surface area contributed by atoms with Crippen LogP contribution in [0.2, 0.25) is 0 Å². The Morgan fingerprint density at radius 1 is 0.571 bits per heavy atom. The van der Waals surface area contributed by atoms with Gasteiger partial charge in [-0.1, -0.05) is 54.6 Å². The predicted octanol–water partition coefficient (Wildman–Crippen LogP) is 5.61. The summed E-state index contributed by atoms with van der Waals surface area (Å²) in [5, 5.41) is 0. The smallest absolute Gasteiger partial charge is 0.131 e. The summed E-state index contributed by atoms with van der Waals surface area (Å²) in [5.41, 5.74) is 3.34. The molecule has 104 valence electrons. The molecule has 2 heteroatoms. The van der Waals surface area contributed by atoms with Crippen molar-refractivity contribution in [3.8, 4) is 22.3 Å². The van der Waals surface area contributed by atoms with Crippen molar-refractivity contribution in [3.63, 3.8) is 0 Å². The van der Waals surface area contributed by atoms with Gasteiger partial charge in [0.05, 0.1) is 0 Å². The van der Waals surface area contributed by atoms with E-state index in [2.05, 4.69) is 0 Å². The Hall–Kier alpha value is -2.48. The Labute approximate surface area is 122 Å². The molecule has 0 saturated heterocycles. The minimum atomic E-state index is -0.305. The molecule has 0 aliphatic carbocycles. The molecular weight excluding hydrogens is 266 g/mol. The van der Waals surface area contributed by atoms with Crippen molar-refractivity contribution in [1.29, 1.82) is 0 Å². The first kappa shape index (κ1) is 13.5. The van der Waals surface area contributed by atoms with E-state index >= 15 is 0 Å². The van der Waals surface area contributed by atoms with E-state index < -0.39 is 0 Å². The molecule has 0 atom stereocenters. The molecule has 0 aliphatic rings. The van der Waals surface area contributed by atoms with Crippen LogP contribution in [-0.2, 0) is 0 Å². The second-order valence-electron chi connectivity index (χ2n) is 4.96. The van der Waals surface area contributed by atoms with E-state index in [0.717, 1.165) is 11.1 Å². The fourth-order valence-electron chi connectivity index (χ4n) is 2.59. The van der Waals surface area contributed by atoms with Crippen LogP contribution < -0.4 is 0 Å². The van der Waals surface area contributed by atoms with Crippen LogP contribution in [0.15, 0.2) is 66.7 Å². The fraction of sp³-hybridized carbons (Fsp3) is 0.0526. The zero-order valence-electron chi connectivity index (χ0n) is 11.6. The average molecular weight is 280 g/mol. The minimum absolute atomic E-state index is 0.301. The number of rotatable bonds is 2. The van der Waals surface area contributed by atoms with Gasteiger partial charge in [-0.05, 0) is 35.7 Å². The summed E-state index contributed by atoms with van der Waals surface area (Å²) in [4.78, 5) is 0. The van der Waals surface area contributed by atoms with Crippen LogP contribution in [0.5, 0.6) is 0 Å². The number of hydrogen-bond donors (Lipinski definition) is 0. The number of aryl methyl sites for hydroxylation is 1. The van der Waals surface area contributed by atoms with Crippen molar-refractivity contribution in [2.75, 3.05) is 0 Å². The summed E-state index contributed by atoms with van der Waals surface area (Å²) in [5.74, 6) is -0.606. The molecule has 21 heavy (non-hydrogen) atoms. The average Bonchev–Trinajstić information content (AvgIpc) is 2.49. The summed E-state index contributed by atoms with van der Waals surface area (Å²) < 4.78 is 28.3. The van der Waals surface area contributed by atoms with E-state index in [9.17, 15) is 8.78 Å². The van der Waals surface area contributed by atoms with E-state index in [0.29, 0.717) is 16.7 Å². The van der Waals surface area contributed by atoms with Gasteiger partial charge in [-0.25, -0.2) is 8.78 Å². The van der Waals surface area contributed by atoms with Crippen LogP contribution in [0.4, 0.5) is 8.78 Å². The molecule has 0 nitrogen and oxygen atoms in total. The highest BCUT2D eigenvalue weighted by Crippen LogP contribution is 2.36. The highest BCUT2D eigenvalue weighted by atomic mass is 19.1. The van der Waals surface area contributed by atoms with Gasteiger partial charge < -0.3 is 0 Å². The van der Waals surface area contributed by atoms with Gasteiger partial charge in [0.2, 0.25) is 0 Å². The second-order valence-corrected chi connectivity index (χ2v) is 4.96. The van der Waals surface area contributed by atoms with Crippen LogP contribution in [-0.4, -0.2) is 0 Å². The monoisotopic (exact) mass is 280 g/mol. The quantitative estimate of drug-likeness (QED) is 0.572. The molecule has 0 spiro atoms. The fourth-order valence-corrected chi connectivity index (χ4v) is 2.59. The van der Waals surface area contributed by atoms with Crippen molar-refractivity contribution in [2.45, 2.75) is 6.92 Å². The van der Waals surface area contributed by atoms with Crippen molar-refractivity contribution in [3.05, 3.63) is 83.9 Å². The summed E-state index contributed by atoms with van der Waals surface area (Å²) in [7, 11) is 0. The maximum absolute atomic E-state index is 14.2. The third kappa shape index (κ3) is 2.45. The molecule has 3 rings (SSSR count). The SMILES string of the molecule is Cc1cccc(-c2ccccc2F)c1-c1ccccc1F. The minimum Gasteiger partial charge on any atom is -0.206 e. The van der Waals surface area contributed by atoms with Crippen LogP contribution in [0.1, 0.15) is 5.56 Å². The third-order valence-corrected chi connectivity index (χ3v) is 3.58. The van der Waals surface area contributed by atoms with Crippen molar-refractivity contribution in [1.82, 2.24) is 0 Å². The zero-order chi connectivity index (χ0) is 14.8. The van der Waals surface area contributed by atoms with Crippen molar-refractivity contribution >= 4 is 0 Å². The molecule has 0 saturated carbocycles. The highest BCUT2D eigenvalue weighted by Gasteiger charge is 2.15. The molecule has 3 aromatic carbocycles. The second kappa shape index (κ2) is 5.49. The number of halogens is 2. The maximum atomic E-state index is 14.2. The van der Waals surface area contributed by atoms with Crippen LogP contribution in [0.25, 0.3) is 22.3 Å². The molecule has 0 radical (unpaired) electrons. The summed E-state index contributed by atoms with van der Waals surface area (Å²) >= 11 is 0. The Morgan fingerprint density at radius 2 is 1.10 bits per heavy atom. The van der Waals surface area contributed by atoms with Crippen LogP contribution >= 0.6 is 0 Å². The summed E-state index contributed by atoms with van der Waals surface area (Å²) in [6.45, 7) is 1.91. The van der Waals surface area contributed by atoms with Gasteiger partial charge in [0.15, 0.2) is 0 Å². The molecule has 0 aliphatic heterocycles. The summed E-state index contributed by atoms with van der Waals surface area (Å²) in [6.07, 6.45) is 0. The van der Waals surface area contributed by atoms with E-state index in [1.54, 1.807) is 36.4 Å². The topological polar surface area (TPSA) is 0 Å².